The Morgan fingerprint density at radius 3 is 2.74 bits per heavy atom. The summed E-state index contributed by atoms with van der Waals surface area (Å²) in [6.07, 6.45) is 9.19. The summed E-state index contributed by atoms with van der Waals surface area (Å²) in [7, 11) is 1.87. The highest BCUT2D eigenvalue weighted by molar-refractivity contribution is 5.56. The van der Waals surface area contributed by atoms with Gasteiger partial charge in [-0.15, -0.1) is 0 Å². The van der Waals surface area contributed by atoms with Crippen LogP contribution in [0, 0.1) is 6.92 Å². The monoisotopic (exact) mass is 365 g/mol. The van der Waals surface area contributed by atoms with Gasteiger partial charge in [0, 0.05) is 38.7 Å². The van der Waals surface area contributed by atoms with Crippen LogP contribution in [0.2, 0.25) is 0 Å². The third-order valence-electron chi connectivity index (χ3n) is 4.82. The number of ether oxygens (including phenoxy) is 1. The molecule has 1 fully saturated rings. The molecule has 0 N–H and O–H groups in total. The first-order chi connectivity index (χ1) is 13.2. The number of piperidine rings is 1. The molecule has 8 nitrogen and oxygen atoms in total. The fraction of sp³-hybridized carbons (Fsp3) is 0.421. The molecule has 4 heterocycles. The van der Waals surface area contributed by atoms with Crippen LogP contribution >= 0.6 is 0 Å². The second kappa shape index (κ2) is 7.79. The predicted octanol–water partition coefficient (Wildman–Crippen LogP) is 2.16. The molecule has 1 aliphatic rings. The zero-order valence-electron chi connectivity index (χ0n) is 15.6. The number of nitrogens with zero attached hydrogens (tertiary/aromatic N) is 7. The Labute approximate surface area is 158 Å². The van der Waals surface area contributed by atoms with E-state index in [4.69, 9.17) is 9.72 Å². The van der Waals surface area contributed by atoms with Crippen molar-refractivity contribution in [3.05, 3.63) is 48.2 Å². The second-order valence-electron chi connectivity index (χ2n) is 6.77. The first-order valence-corrected chi connectivity index (χ1v) is 9.14. The summed E-state index contributed by atoms with van der Waals surface area (Å²) >= 11 is 0. The van der Waals surface area contributed by atoms with Crippen molar-refractivity contribution in [2.24, 2.45) is 7.05 Å². The molecule has 0 amide bonds. The topological polar surface area (TPSA) is 81.8 Å². The van der Waals surface area contributed by atoms with Gasteiger partial charge in [0.25, 0.3) is 0 Å². The molecular formula is C19H23N7O. The largest absolute Gasteiger partial charge is 0.373 e. The fourth-order valence-electron chi connectivity index (χ4n) is 3.24. The molecular weight excluding hydrogens is 342 g/mol. The number of hydrogen-bond acceptors (Lipinski definition) is 7. The van der Waals surface area contributed by atoms with E-state index in [1.807, 2.05) is 38.5 Å². The van der Waals surface area contributed by atoms with E-state index >= 15 is 0 Å². The molecule has 0 radical (unpaired) electrons. The van der Waals surface area contributed by atoms with Crippen molar-refractivity contribution < 1.29 is 4.74 Å². The predicted molar refractivity (Wildman–Crippen MR) is 101 cm³/mol. The van der Waals surface area contributed by atoms with Gasteiger partial charge in [-0.3, -0.25) is 4.98 Å². The van der Waals surface area contributed by atoms with Gasteiger partial charge in [-0.1, -0.05) is 6.07 Å². The van der Waals surface area contributed by atoms with Crippen LogP contribution in [0.25, 0.3) is 11.5 Å². The lowest BCUT2D eigenvalue weighted by Gasteiger charge is -2.32. The zero-order chi connectivity index (χ0) is 18.6. The normalized spacial score (nSPS) is 15.3. The van der Waals surface area contributed by atoms with E-state index in [9.17, 15) is 0 Å². The van der Waals surface area contributed by atoms with E-state index < -0.39 is 0 Å². The molecule has 27 heavy (non-hydrogen) atoms. The number of aromatic nitrogens is 6. The molecule has 1 aliphatic heterocycles. The van der Waals surface area contributed by atoms with Crippen molar-refractivity contribution in [3.8, 4) is 11.5 Å². The molecule has 140 valence electrons. The average Bonchev–Trinajstić information content (AvgIpc) is 3.14. The van der Waals surface area contributed by atoms with Crippen LogP contribution in [0.3, 0.4) is 0 Å². The standard InChI is InChI=1S/C19H23N7O/c1-14-10-21-19(24-17(14)18-22-13-23-25(18)2)26-8-5-16(6-9-26)27-12-15-4-3-7-20-11-15/h3-4,7,10-11,13,16H,5-6,8-9,12H2,1-2H3. The van der Waals surface area contributed by atoms with Crippen molar-refractivity contribution in [3.63, 3.8) is 0 Å². The Hall–Kier alpha value is -2.87. The van der Waals surface area contributed by atoms with Crippen LogP contribution in [-0.4, -0.2) is 48.9 Å². The maximum Gasteiger partial charge on any atom is 0.225 e. The molecule has 0 saturated carbocycles. The van der Waals surface area contributed by atoms with Gasteiger partial charge in [0.2, 0.25) is 5.95 Å². The van der Waals surface area contributed by atoms with Crippen molar-refractivity contribution in [2.45, 2.75) is 32.5 Å². The lowest BCUT2D eigenvalue weighted by atomic mass is 10.1. The molecule has 0 atom stereocenters. The molecule has 1 saturated heterocycles. The summed E-state index contributed by atoms with van der Waals surface area (Å²) < 4.78 is 7.78. The summed E-state index contributed by atoms with van der Waals surface area (Å²) in [5, 5.41) is 4.14. The summed E-state index contributed by atoms with van der Waals surface area (Å²) in [6, 6.07) is 3.97. The Morgan fingerprint density at radius 2 is 2.04 bits per heavy atom. The van der Waals surface area contributed by atoms with Gasteiger partial charge >= 0.3 is 0 Å². The van der Waals surface area contributed by atoms with Crippen molar-refractivity contribution in [1.82, 2.24) is 29.7 Å². The molecule has 3 aromatic heterocycles. The average molecular weight is 365 g/mol. The first-order valence-electron chi connectivity index (χ1n) is 9.14. The van der Waals surface area contributed by atoms with Gasteiger partial charge in [-0.2, -0.15) is 5.10 Å². The third-order valence-corrected chi connectivity index (χ3v) is 4.82. The highest BCUT2D eigenvalue weighted by Crippen LogP contribution is 2.23. The SMILES string of the molecule is Cc1cnc(N2CCC(OCc3cccnc3)CC2)nc1-c1ncnn1C. The van der Waals surface area contributed by atoms with Crippen LogP contribution in [0.1, 0.15) is 24.0 Å². The first kappa shape index (κ1) is 17.5. The molecule has 3 aromatic rings. The number of hydrogen-bond donors (Lipinski definition) is 0. The molecule has 8 heteroatoms. The molecule has 0 spiro atoms. The van der Waals surface area contributed by atoms with Crippen LogP contribution in [0.4, 0.5) is 5.95 Å². The number of rotatable bonds is 5. The molecule has 0 aliphatic carbocycles. The minimum atomic E-state index is 0.255. The quantitative estimate of drug-likeness (QED) is 0.685. The Balaban J connectivity index is 1.39. The fourth-order valence-corrected chi connectivity index (χ4v) is 3.24. The van der Waals surface area contributed by atoms with Gasteiger partial charge < -0.3 is 9.64 Å². The van der Waals surface area contributed by atoms with E-state index in [-0.39, 0.29) is 6.10 Å². The van der Waals surface area contributed by atoms with E-state index in [0.29, 0.717) is 6.61 Å². The molecule has 4 rings (SSSR count). The molecule has 0 unspecified atom stereocenters. The van der Waals surface area contributed by atoms with Crippen molar-refractivity contribution in [1.29, 1.82) is 0 Å². The molecule has 0 bridgehead atoms. The van der Waals surface area contributed by atoms with Crippen molar-refractivity contribution >= 4 is 5.95 Å². The van der Waals surface area contributed by atoms with Gasteiger partial charge in [0.15, 0.2) is 5.82 Å². The minimum absolute atomic E-state index is 0.255. The highest BCUT2D eigenvalue weighted by Gasteiger charge is 2.23. The number of pyridine rings is 1. The van der Waals surface area contributed by atoms with Crippen LogP contribution in [0.5, 0.6) is 0 Å². The number of anilines is 1. The van der Waals surface area contributed by atoms with E-state index in [1.165, 1.54) is 0 Å². The summed E-state index contributed by atoms with van der Waals surface area (Å²) in [5.74, 6) is 1.50. The maximum atomic E-state index is 6.04. The summed E-state index contributed by atoms with van der Waals surface area (Å²) in [4.78, 5) is 19.9. The van der Waals surface area contributed by atoms with Crippen LogP contribution in [-0.2, 0) is 18.4 Å². The van der Waals surface area contributed by atoms with Crippen molar-refractivity contribution in [2.75, 3.05) is 18.0 Å². The molecule has 0 aromatic carbocycles. The maximum absolute atomic E-state index is 6.04. The smallest absolute Gasteiger partial charge is 0.225 e. The van der Waals surface area contributed by atoms with Gasteiger partial charge in [0.1, 0.15) is 12.0 Å². The minimum Gasteiger partial charge on any atom is -0.373 e. The lowest BCUT2D eigenvalue weighted by Crippen LogP contribution is -2.38. The summed E-state index contributed by atoms with van der Waals surface area (Å²) in [5.41, 5.74) is 2.93. The number of aryl methyl sites for hydroxylation is 2. The van der Waals surface area contributed by atoms with Crippen LogP contribution in [0.15, 0.2) is 37.1 Å². The van der Waals surface area contributed by atoms with E-state index in [1.54, 1.807) is 17.2 Å². The Bertz CT molecular complexity index is 888. The van der Waals surface area contributed by atoms with Gasteiger partial charge in [-0.25, -0.2) is 19.6 Å². The Kier molecular flexibility index (Phi) is 5.06. The van der Waals surface area contributed by atoms with E-state index in [2.05, 4.69) is 25.0 Å². The second-order valence-corrected chi connectivity index (χ2v) is 6.77. The highest BCUT2D eigenvalue weighted by atomic mass is 16.5. The van der Waals surface area contributed by atoms with Gasteiger partial charge in [-0.05, 0) is 37.0 Å². The summed E-state index contributed by atoms with van der Waals surface area (Å²) in [6.45, 7) is 4.35. The third kappa shape index (κ3) is 3.95. The lowest BCUT2D eigenvalue weighted by molar-refractivity contribution is 0.0248. The van der Waals surface area contributed by atoms with E-state index in [0.717, 1.165) is 54.5 Å². The van der Waals surface area contributed by atoms with Gasteiger partial charge in [0.05, 0.1) is 12.7 Å². The van der Waals surface area contributed by atoms with Crippen LogP contribution < -0.4 is 4.90 Å². The zero-order valence-corrected chi connectivity index (χ0v) is 15.6. The Morgan fingerprint density at radius 1 is 1.19 bits per heavy atom.